The molecule has 0 saturated carbocycles. The minimum absolute atomic E-state index is 0.173. The summed E-state index contributed by atoms with van der Waals surface area (Å²) in [6, 6.07) is 7.57. The first-order valence-corrected chi connectivity index (χ1v) is 7.70. The molecule has 23 heavy (non-hydrogen) atoms. The predicted octanol–water partition coefficient (Wildman–Crippen LogP) is 1.84. The van der Waals surface area contributed by atoms with Crippen LogP contribution in [0.15, 0.2) is 36.9 Å². The molecule has 1 saturated heterocycles. The number of imide groups is 1. The number of amides is 3. The second-order valence-corrected chi connectivity index (χ2v) is 5.45. The van der Waals surface area contributed by atoms with E-state index in [4.69, 9.17) is 4.74 Å². The molecule has 0 aromatic heterocycles. The lowest BCUT2D eigenvalue weighted by Crippen LogP contribution is -2.44. The smallest absolute Gasteiger partial charge is 0.321 e. The first kappa shape index (κ1) is 17.0. The fourth-order valence-electron chi connectivity index (χ4n) is 2.80. The summed E-state index contributed by atoms with van der Waals surface area (Å²) in [6.07, 6.45) is 3.57. The lowest BCUT2D eigenvalue weighted by molar-refractivity contribution is -0.121. The number of carbonyl (C=O) groups is 2. The Hall–Kier alpha value is -2.34. The van der Waals surface area contributed by atoms with Crippen molar-refractivity contribution < 1.29 is 14.3 Å². The first-order valence-electron chi connectivity index (χ1n) is 7.70. The molecule has 0 spiro atoms. The summed E-state index contributed by atoms with van der Waals surface area (Å²) < 4.78 is 5.26. The number of hydrogen-bond donors (Lipinski definition) is 2. The highest BCUT2D eigenvalue weighted by atomic mass is 16.5. The fraction of sp³-hybridized carbons (Fsp3) is 0.412. The predicted molar refractivity (Wildman–Crippen MR) is 88.3 cm³/mol. The van der Waals surface area contributed by atoms with Crippen LogP contribution in [0.4, 0.5) is 4.79 Å². The van der Waals surface area contributed by atoms with E-state index < -0.39 is 6.03 Å². The number of benzene rings is 1. The molecule has 1 aliphatic rings. The monoisotopic (exact) mass is 317 g/mol. The van der Waals surface area contributed by atoms with E-state index >= 15 is 0 Å². The molecule has 1 fully saturated rings. The van der Waals surface area contributed by atoms with Crippen molar-refractivity contribution in [2.75, 3.05) is 26.7 Å². The molecule has 0 radical (unpaired) electrons. The van der Waals surface area contributed by atoms with Gasteiger partial charge < -0.3 is 10.1 Å². The van der Waals surface area contributed by atoms with Gasteiger partial charge in [0.1, 0.15) is 5.75 Å². The number of rotatable bonds is 6. The highest BCUT2D eigenvalue weighted by molar-refractivity contribution is 5.95. The standard InChI is InChI=1S/C17H23N3O3/c1-3-9-18-17(22)19-16(21)12-20-10-5-8-15(20)13-6-4-7-14(11-13)23-2/h3-4,6-7,11,15H,1,5,8-10,12H2,2H3,(H2,18,19,21,22)/t15-/m1/s1. The molecular formula is C17H23N3O3. The summed E-state index contributed by atoms with van der Waals surface area (Å²) in [5.41, 5.74) is 1.13. The summed E-state index contributed by atoms with van der Waals surface area (Å²) >= 11 is 0. The van der Waals surface area contributed by atoms with Crippen LogP contribution < -0.4 is 15.4 Å². The highest BCUT2D eigenvalue weighted by Crippen LogP contribution is 2.32. The zero-order chi connectivity index (χ0) is 16.7. The second-order valence-electron chi connectivity index (χ2n) is 5.45. The number of likely N-dealkylation sites (tertiary alicyclic amines) is 1. The van der Waals surface area contributed by atoms with Crippen molar-refractivity contribution in [2.24, 2.45) is 0 Å². The van der Waals surface area contributed by atoms with Crippen LogP contribution in [0.5, 0.6) is 5.75 Å². The van der Waals surface area contributed by atoms with E-state index in [0.717, 1.165) is 30.7 Å². The number of nitrogens with one attached hydrogen (secondary N) is 2. The molecular weight excluding hydrogens is 294 g/mol. The van der Waals surface area contributed by atoms with Gasteiger partial charge in [-0.15, -0.1) is 6.58 Å². The Labute approximate surface area is 136 Å². The van der Waals surface area contributed by atoms with Crippen LogP contribution in [0.1, 0.15) is 24.4 Å². The van der Waals surface area contributed by atoms with Crippen LogP contribution in [0.2, 0.25) is 0 Å². The van der Waals surface area contributed by atoms with E-state index in [0.29, 0.717) is 6.54 Å². The first-order chi connectivity index (χ1) is 11.1. The van der Waals surface area contributed by atoms with Crippen LogP contribution in [-0.4, -0.2) is 43.6 Å². The fourth-order valence-corrected chi connectivity index (χ4v) is 2.80. The molecule has 1 atom stereocenters. The molecule has 1 heterocycles. The molecule has 0 bridgehead atoms. The SMILES string of the molecule is C=CCNC(=O)NC(=O)CN1CCC[C@@H]1c1cccc(OC)c1. The van der Waals surface area contributed by atoms with Gasteiger partial charge in [0.25, 0.3) is 0 Å². The van der Waals surface area contributed by atoms with Crippen molar-refractivity contribution in [3.63, 3.8) is 0 Å². The van der Waals surface area contributed by atoms with Gasteiger partial charge in [0, 0.05) is 12.6 Å². The molecule has 1 aromatic rings. The summed E-state index contributed by atoms with van der Waals surface area (Å²) in [4.78, 5) is 25.6. The summed E-state index contributed by atoms with van der Waals surface area (Å²) in [7, 11) is 1.64. The highest BCUT2D eigenvalue weighted by Gasteiger charge is 2.28. The minimum Gasteiger partial charge on any atom is -0.497 e. The number of methoxy groups -OCH3 is 1. The third kappa shape index (κ3) is 4.82. The van der Waals surface area contributed by atoms with Crippen molar-refractivity contribution in [1.82, 2.24) is 15.5 Å². The zero-order valence-electron chi connectivity index (χ0n) is 13.4. The molecule has 2 rings (SSSR count). The number of ether oxygens (including phenoxy) is 1. The van der Waals surface area contributed by atoms with Crippen LogP contribution in [0.3, 0.4) is 0 Å². The van der Waals surface area contributed by atoms with Gasteiger partial charge in [-0.25, -0.2) is 4.79 Å². The van der Waals surface area contributed by atoms with Gasteiger partial charge >= 0.3 is 6.03 Å². The number of carbonyl (C=O) groups excluding carboxylic acids is 2. The number of hydrogen-bond acceptors (Lipinski definition) is 4. The van der Waals surface area contributed by atoms with Crippen LogP contribution in [0, 0.1) is 0 Å². The summed E-state index contributed by atoms with van der Waals surface area (Å²) in [5, 5.41) is 4.86. The maximum absolute atomic E-state index is 12.0. The van der Waals surface area contributed by atoms with E-state index in [-0.39, 0.29) is 18.5 Å². The molecule has 3 amide bonds. The van der Waals surface area contributed by atoms with E-state index in [1.165, 1.54) is 0 Å². The van der Waals surface area contributed by atoms with Gasteiger partial charge in [0.2, 0.25) is 5.91 Å². The maximum Gasteiger partial charge on any atom is 0.321 e. The Bertz CT molecular complexity index is 574. The minimum atomic E-state index is -0.493. The van der Waals surface area contributed by atoms with Crippen molar-refractivity contribution in [2.45, 2.75) is 18.9 Å². The topological polar surface area (TPSA) is 70.7 Å². The summed E-state index contributed by atoms with van der Waals surface area (Å²) in [5.74, 6) is 0.504. The van der Waals surface area contributed by atoms with Crippen molar-refractivity contribution in [3.8, 4) is 5.75 Å². The van der Waals surface area contributed by atoms with E-state index in [1.54, 1.807) is 13.2 Å². The van der Waals surface area contributed by atoms with Crippen LogP contribution in [-0.2, 0) is 4.79 Å². The van der Waals surface area contributed by atoms with Crippen molar-refractivity contribution >= 4 is 11.9 Å². The number of nitrogens with zero attached hydrogens (tertiary/aromatic N) is 1. The average Bonchev–Trinajstić information content (AvgIpc) is 3.00. The normalized spacial score (nSPS) is 17.5. The Balaban J connectivity index is 1.94. The Kier molecular flexibility index (Phi) is 6.17. The Morgan fingerprint density at radius 1 is 1.48 bits per heavy atom. The van der Waals surface area contributed by atoms with Crippen LogP contribution in [0.25, 0.3) is 0 Å². The van der Waals surface area contributed by atoms with Crippen molar-refractivity contribution in [1.29, 1.82) is 0 Å². The maximum atomic E-state index is 12.0. The Morgan fingerprint density at radius 3 is 3.04 bits per heavy atom. The van der Waals surface area contributed by atoms with Gasteiger partial charge in [0.15, 0.2) is 0 Å². The third-order valence-electron chi connectivity index (χ3n) is 3.85. The molecule has 0 unspecified atom stereocenters. The molecule has 0 aliphatic carbocycles. The van der Waals surface area contributed by atoms with Crippen molar-refractivity contribution in [3.05, 3.63) is 42.5 Å². The lowest BCUT2D eigenvalue weighted by atomic mass is 10.0. The van der Waals surface area contributed by atoms with Gasteiger partial charge in [0.05, 0.1) is 13.7 Å². The van der Waals surface area contributed by atoms with Crippen LogP contribution >= 0.6 is 0 Å². The second kappa shape index (κ2) is 8.33. The van der Waals surface area contributed by atoms with Gasteiger partial charge in [-0.05, 0) is 37.1 Å². The van der Waals surface area contributed by atoms with Gasteiger partial charge in [-0.3, -0.25) is 15.0 Å². The van der Waals surface area contributed by atoms with E-state index in [1.807, 2.05) is 24.3 Å². The molecule has 1 aromatic carbocycles. The average molecular weight is 317 g/mol. The molecule has 6 heteroatoms. The lowest BCUT2D eigenvalue weighted by Gasteiger charge is -2.24. The largest absolute Gasteiger partial charge is 0.497 e. The van der Waals surface area contributed by atoms with E-state index in [2.05, 4.69) is 22.1 Å². The quantitative estimate of drug-likeness (QED) is 0.786. The molecule has 6 nitrogen and oxygen atoms in total. The third-order valence-corrected chi connectivity index (χ3v) is 3.85. The number of urea groups is 1. The molecule has 2 N–H and O–H groups in total. The zero-order valence-corrected chi connectivity index (χ0v) is 13.4. The van der Waals surface area contributed by atoms with Gasteiger partial charge in [-0.1, -0.05) is 18.2 Å². The molecule has 1 aliphatic heterocycles. The van der Waals surface area contributed by atoms with Gasteiger partial charge in [-0.2, -0.15) is 0 Å². The molecule has 124 valence electrons. The summed E-state index contributed by atoms with van der Waals surface area (Å²) in [6.45, 7) is 4.87. The Morgan fingerprint density at radius 2 is 2.30 bits per heavy atom. The van der Waals surface area contributed by atoms with E-state index in [9.17, 15) is 9.59 Å².